The summed E-state index contributed by atoms with van der Waals surface area (Å²) in [7, 11) is 0. The molecule has 0 bridgehead atoms. The molecule has 11 heteroatoms. The molecule has 7 nitrogen and oxygen atoms in total. The molecular formula is C14H11F3IN5O2. The molecule has 2 N–H and O–H groups in total. The molecule has 1 atom stereocenters. The van der Waals surface area contributed by atoms with Crippen molar-refractivity contribution in [2.75, 3.05) is 5.32 Å². The molecule has 1 heterocycles. The van der Waals surface area contributed by atoms with Gasteiger partial charge in [0.2, 0.25) is 0 Å². The lowest BCUT2D eigenvalue weighted by Gasteiger charge is -2.22. The quantitative estimate of drug-likeness (QED) is 0.674. The number of rotatable bonds is 4. The number of amides is 1. The number of aromatic nitrogens is 3. The Morgan fingerprint density at radius 1 is 1.48 bits per heavy atom. The SMILES string of the molecule is C[C@](O)(Cn1cc(I)nn1)C(=O)Nc1ccc(C#N)c(C(F)(F)F)c1. The Bertz CT molecular complexity index is 842. The summed E-state index contributed by atoms with van der Waals surface area (Å²) >= 11 is 1.90. The number of nitrogens with one attached hydrogen (secondary N) is 1. The van der Waals surface area contributed by atoms with Gasteiger partial charge in [-0.3, -0.25) is 4.79 Å². The highest BCUT2D eigenvalue weighted by atomic mass is 127. The van der Waals surface area contributed by atoms with E-state index in [2.05, 4.69) is 15.6 Å². The van der Waals surface area contributed by atoms with Gasteiger partial charge in [0.15, 0.2) is 5.60 Å². The molecule has 0 aliphatic heterocycles. The zero-order valence-electron chi connectivity index (χ0n) is 12.7. The average Bonchev–Trinajstić information content (AvgIpc) is 2.90. The highest BCUT2D eigenvalue weighted by molar-refractivity contribution is 14.1. The van der Waals surface area contributed by atoms with E-state index < -0.39 is 28.8 Å². The first kappa shape index (κ1) is 19.1. The van der Waals surface area contributed by atoms with Gasteiger partial charge in [-0.05, 0) is 47.7 Å². The molecule has 0 saturated heterocycles. The number of nitrogens with zero attached hydrogens (tertiary/aromatic N) is 4. The topological polar surface area (TPSA) is 104 Å². The second-order valence-electron chi connectivity index (χ2n) is 5.34. The van der Waals surface area contributed by atoms with Gasteiger partial charge in [0.25, 0.3) is 5.91 Å². The van der Waals surface area contributed by atoms with Gasteiger partial charge in [-0.2, -0.15) is 18.4 Å². The molecule has 1 aromatic carbocycles. The fraction of sp³-hybridized carbons (Fsp3) is 0.286. The van der Waals surface area contributed by atoms with Crippen molar-refractivity contribution in [1.29, 1.82) is 5.26 Å². The minimum Gasteiger partial charge on any atom is -0.378 e. The molecule has 0 spiro atoms. The van der Waals surface area contributed by atoms with Crippen LogP contribution in [0.5, 0.6) is 0 Å². The van der Waals surface area contributed by atoms with E-state index in [-0.39, 0.29) is 12.2 Å². The third-order valence-electron chi connectivity index (χ3n) is 3.17. The van der Waals surface area contributed by atoms with Crippen LogP contribution in [0.15, 0.2) is 24.4 Å². The molecule has 0 aliphatic rings. The first-order chi connectivity index (χ1) is 11.5. The number of hydrogen-bond donors (Lipinski definition) is 2. The minimum atomic E-state index is -4.74. The van der Waals surface area contributed by atoms with Gasteiger partial charge < -0.3 is 10.4 Å². The minimum absolute atomic E-state index is 0.190. The Balaban J connectivity index is 2.21. The second-order valence-corrected chi connectivity index (χ2v) is 6.44. The van der Waals surface area contributed by atoms with Crippen LogP contribution in [0.2, 0.25) is 0 Å². The lowest BCUT2D eigenvalue weighted by Crippen LogP contribution is -2.43. The number of carbonyl (C=O) groups is 1. The Kier molecular flexibility index (Phi) is 5.33. The van der Waals surface area contributed by atoms with Crippen LogP contribution in [-0.4, -0.2) is 31.6 Å². The molecule has 132 valence electrons. The van der Waals surface area contributed by atoms with Crippen LogP contribution in [0, 0.1) is 15.0 Å². The van der Waals surface area contributed by atoms with Crippen molar-refractivity contribution in [3.05, 3.63) is 39.2 Å². The number of hydrogen-bond acceptors (Lipinski definition) is 5. The lowest BCUT2D eigenvalue weighted by atomic mass is 10.0. The summed E-state index contributed by atoms with van der Waals surface area (Å²) in [6.45, 7) is 0.961. The van der Waals surface area contributed by atoms with Gasteiger partial charge in [-0.1, -0.05) is 5.21 Å². The van der Waals surface area contributed by atoms with Gasteiger partial charge in [-0.25, -0.2) is 4.68 Å². The molecule has 1 aromatic heterocycles. The second kappa shape index (κ2) is 6.96. The molecule has 2 aromatic rings. The molecule has 1 amide bonds. The van der Waals surface area contributed by atoms with Crippen molar-refractivity contribution >= 4 is 34.2 Å². The lowest BCUT2D eigenvalue weighted by molar-refractivity contribution is -0.138. The summed E-state index contributed by atoms with van der Waals surface area (Å²) in [5.74, 6) is -0.921. The molecule has 0 saturated carbocycles. The molecule has 0 aliphatic carbocycles. The van der Waals surface area contributed by atoms with Gasteiger partial charge in [0.05, 0.1) is 29.9 Å². The summed E-state index contributed by atoms with van der Waals surface area (Å²) in [4.78, 5) is 12.2. The van der Waals surface area contributed by atoms with Crippen molar-refractivity contribution in [2.45, 2.75) is 25.2 Å². The predicted molar refractivity (Wildman–Crippen MR) is 88.2 cm³/mol. The average molecular weight is 465 g/mol. The summed E-state index contributed by atoms with van der Waals surface area (Å²) in [5.41, 5.74) is -3.86. The monoisotopic (exact) mass is 465 g/mol. The fourth-order valence-electron chi connectivity index (χ4n) is 1.96. The van der Waals surface area contributed by atoms with Gasteiger partial charge >= 0.3 is 6.18 Å². The van der Waals surface area contributed by atoms with E-state index in [1.54, 1.807) is 0 Å². The Labute approximate surface area is 153 Å². The third-order valence-corrected chi connectivity index (χ3v) is 3.67. The predicted octanol–water partition coefficient (Wildman–Crippen LogP) is 2.16. The Morgan fingerprint density at radius 3 is 2.68 bits per heavy atom. The molecule has 2 rings (SSSR count). The number of nitriles is 1. The van der Waals surface area contributed by atoms with Gasteiger partial charge in [-0.15, -0.1) is 5.10 Å². The molecule has 0 fully saturated rings. The number of carbonyl (C=O) groups excluding carboxylic acids is 1. The Hall–Kier alpha value is -2.20. The van der Waals surface area contributed by atoms with Crippen molar-refractivity contribution in [3.63, 3.8) is 0 Å². The summed E-state index contributed by atoms with van der Waals surface area (Å²) in [6.07, 6.45) is -3.25. The molecule has 0 radical (unpaired) electrons. The van der Waals surface area contributed by atoms with Crippen LogP contribution in [-0.2, 0) is 17.5 Å². The highest BCUT2D eigenvalue weighted by Crippen LogP contribution is 2.33. The molecular weight excluding hydrogens is 454 g/mol. The van der Waals surface area contributed by atoms with Crippen molar-refractivity contribution < 1.29 is 23.1 Å². The standard InChI is InChI=1S/C14H11F3IN5O2/c1-13(25,7-23-6-11(18)21-22-23)12(24)20-9-3-2-8(5-19)10(4-9)14(15,16)17/h2-4,6,25H,7H2,1H3,(H,20,24)/t13-/m0/s1. The van der Waals surface area contributed by atoms with E-state index in [9.17, 15) is 23.1 Å². The third kappa shape index (κ3) is 4.67. The zero-order valence-corrected chi connectivity index (χ0v) is 14.8. The van der Waals surface area contributed by atoms with E-state index in [0.29, 0.717) is 9.77 Å². The van der Waals surface area contributed by atoms with Crippen LogP contribution < -0.4 is 5.32 Å². The number of benzene rings is 1. The number of alkyl halides is 3. The zero-order chi connectivity index (χ0) is 18.8. The van der Waals surface area contributed by atoms with Crippen molar-refractivity contribution in [3.8, 4) is 6.07 Å². The summed E-state index contributed by atoms with van der Waals surface area (Å²) in [5, 5.41) is 28.6. The van der Waals surface area contributed by atoms with Crippen LogP contribution in [0.4, 0.5) is 18.9 Å². The van der Waals surface area contributed by atoms with E-state index in [1.807, 2.05) is 22.6 Å². The number of halogens is 4. The highest BCUT2D eigenvalue weighted by Gasteiger charge is 2.35. The Morgan fingerprint density at radius 2 is 2.16 bits per heavy atom. The summed E-state index contributed by atoms with van der Waals surface area (Å²) in [6, 6.07) is 4.19. The smallest absolute Gasteiger partial charge is 0.378 e. The van der Waals surface area contributed by atoms with Crippen LogP contribution in [0.1, 0.15) is 18.1 Å². The van der Waals surface area contributed by atoms with Crippen molar-refractivity contribution in [2.24, 2.45) is 0 Å². The first-order valence-electron chi connectivity index (χ1n) is 6.74. The number of anilines is 1. The first-order valence-corrected chi connectivity index (χ1v) is 7.81. The maximum Gasteiger partial charge on any atom is 0.417 e. The van der Waals surface area contributed by atoms with E-state index in [0.717, 1.165) is 12.1 Å². The maximum absolute atomic E-state index is 12.9. The molecule has 0 unspecified atom stereocenters. The largest absolute Gasteiger partial charge is 0.417 e. The van der Waals surface area contributed by atoms with Gasteiger partial charge in [0, 0.05) is 5.69 Å². The van der Waals surface area contributed by atoms with E-state index in [1.165, 1.54) is 23.9 Å². The fourth-order valence-corrected chi connectivity index (χ4v) is 2.38. The molecule has 25 heavy (non-hydrogen) atoms. The number of aliphatic hydroxyl groups is 1. The van der Waals surface area contributed by atoms with Crippen LogP contribution in [0.3, 0.4) is 0 Å². The van der Waals surface area contributed by atoms with E-state index in [4.69, 9.17) is 5.26 Å². The van der Waals surface area contributed by atoms with Crippen molar-refractivity contribution in [1.82, 2.24) is 15.0 Å². The van der Waals surface area contributed by atoms with Crippen LogP contribution in [0.25, 0.3) is 0 Å². The summed E-state index contributed by atoms with van der Waals surface area (Å²) < 4.78 is 40.6. The van der Waals surface area contributed by atoms with Gasteiger partial charge in [0.1, 0.15) is 3.70 Å². The van der Waals surface area contributed by atoms with Crippen LogP contribution >= 0.6 is 22.6 Å². The van der Waals surface area contributed by atoms with E-state index >= 15 is 0 Å². The normalized spacial score (nSPS) is 13.8. The maximum atomic E-state index is 12.9.